The molecule has 0 radical (unpaired) electrons. The Bertz CT molecular complexity index is 902. The van der Waals surface area contributed by atoms with Gasteiger partial charge in [0.1, 0.15) is 6.61 Å². The first-order valence-corrected chi connectivity index (χ1v) is 21.0. The molecule has 1 rings (SSSR count). The monoisotopic (exact) mass is 723 g/mol. The van der Waals surface area contributed by atoms with Crippen LogP contribution in [0.15, 0.2) is 24.3 Å². The van der Waals surface area contributed by atoms with Crippen LogP contribution < -0.4 is 0 Å². The van der Waals surface area contributed by atoms with Crippen LogP contribution in [-0.2, 0) is 19.1 Å². The molecule has 0 saturated heterocycles. The largest absolute Gasteiger partial charge is 0.462 e. The second kappa shape index (κ2) is 31.8. The van der Waals surface area contributed by atoms with Gasteiger partial charge < -0.3 is 29.9 Å². The van der Waals surface area contributed by atoms with Crippen LogP contribution in [0.4, 0.5) is 0 Å². The summed E-state index contributed by atoms with van der Waals surface area (Å²) in [6.07, 6.45) is 30.5. The van der Waals surface area contributed by atoms with Crippen LogP contribution in [-0.4, -0.2) is 70.0 Å². The fourth-order valence-corrected chi connectivity index (χ4v) is 6.97. The predicted molar refractivity (Wildman–Crippen MR) is 207 cm³/mol. The number of ether oxygens (including phenoxy) is 2. The predicted octanol–water partition coefficient (Wildman–Crippen LogP) is 9.30. The van der Waals surface area contributed by atoms with Crippen molar-refractivity contribution in [1.29, 1.82) is 0 Å². The van der Waals surface area contributed by atoms with Gasteiger partial charge in [-0.15, -0.1) is 0 Å². The third-order valence-electron chi connectivity index (χ3n) is 10.2. The first-order valence-electron chi connectivity index (χ1n) is 21.0. The fourth-order valence-electron chi connectivity index (χ4n) is 6.97. The van der Waals surface area contributed by atoms with E-state index in [4.69, 9.17) is 9.47 Å². The molecule has 0 spiro atoms. The van der Waals surface area contributed by atoms with E-state index in [0.717, 1.165) is 44.4 Å². The van der Waals surface area contributed by atoms with Crippen molar-refractivity contribution >= 4 is 11.9 Å². The number of unbranched alkanes of at least 4 members (excludes halogenated alkanes) is 16. The van der Waals surface area contributed by atoms with Crippen LogP contribution in [0, 0.1) is 17.8 Å². The highest BCUT2D eigenvalue weighted by molar-refractivity contribution is 5.70. The SMILES string of the molecule is CCCCC[C@H](O)/C=C/[C@@H]1[C@@H](C/C=C/CCCC(=O)O[C@@H](CO)COC(=O)CCCCCCCCCCCCCCCCC(C)C)[C@@H](O)C[C@H]1O. The summed E-state index contributed by atoms with van der Waals surface area (Å²) < 4.78 is 10.6. The first-order chi connectivity index (χ1) is 24.7. The molecule has 8 heteroatoms. The average molecular weight is 723 g/mol. The number of carbonyl (C=O) groups excluding carboxylic acids is 2. The van der Waals surface area contributed by atoms with Crippen molar-refractivity contribution in [3.05, 3.63) is 24.3 Å². The number of carbonyl (C=O) groups is 2. The van der Waals surface area contributed by atoms with Crippen LogP contribution >= 0.6 is 0 Å². The van der Waals surface area contributed by atoms with Crippen molar-refractivity contribution in [3.63, 3.8) is 0 Å². The Kier molecular flexibility index (Phi) is 29.4. The Labute approximate surface area is 311 Å². The van der Waals surface area contributed by atoms with Gasteiger partial charge in [-0.2, -0.15) is 0 Å². The van der Waals surface area contributed by atoms with E-state index < -0.39 is 37.0 Å². The summed E-state index contributed by atoms with van der Waals surface area (Å²) in [4.78, 5) is 24.4. The van der Waals surface area contributed by atoms with Crippen molar-refractivity contribution in [2.75, 3.05) is 13.2 Å². The Hall–Kier alpha value is -1.74. The van der Waals surface area contributed by atoms with Crippen LogP contribution in [0.2, 0.25) is 0 Å². The second-order valence-electron chi connectivity index (χ2n) is 15.5. The molecule has 1 aliphatic rings. The molecule has 298 valence electrons. The van der Waals surface area contributed by atoms with Crippen LogP contribution in [0.1, 0.15) is 181 Å². The minimum Gasteiger partial charge on any atom is -0.462 e. The molecule has 0 heterocycles. The number of aliphatic hydroxyl groups is 4. The molecule has 1 fully saturated rings. The molecule has 0 aromatic carbocycles. The van der Waals surface area contributed by atoms with Gasteiger partial charge in [-0.05, 0) is 43.9 Å². The van der Waals surface area contributed by atoms with Crippen LogP contribution in [0.25, 0.3) is 0 Å². The van der Waals surface area contributed by atoms with E-state index in [1.165, 1.54) is 77.0 Å². The molecular weight excluding hydrogens is 644 g/mol. The maximum Gasteiger partial charge on any atom is 0.306 e. The lowest BCUT2D eigenvalue weighted by atomic mass is 9.89. The zero-order chi connectivity index (χ0) is 37.5. The summed E-state index contributed by atoms with van der Waals surface area (Å²) in [5, 5.41) is 40.7. The molecule has 0 bridgehead atoms. The van der Waals surface area contributed by atoms with Crippen molar-refractivity contribution in [1.82, 2.24) is 0 Å². The van der Waals surface area contributed by atoms with Crippen molar-refractivity contribution in [2.24, 2.45) is 17.8 Å². The zero-order valence-electron chi connectivity index (χ0n) is 32.9. The number of rotatable bonds is 33. The molecule has 0 unspecified atom stereocenters. The van der Waals surface area contributed by atoms with E-state index in [9.17, 15) is 30.0 Å². The smallest absolute Gasteiger partial charge is 0.306 e. The second-order valence-corrected chi connectivity index (χ2v) is 15.5. The minimum absolute atomic E-state index is 0.123. The zero-order valence-corrected chi connectivity index (χ0v) is 32.9. The third-order valence-corrected chi connectivity index (χ3v) is 10.2. The summed E-state index contributed by atoms with van der Waals surface area (Å²) in [5.41, 5.74) is 0. The van der Waals surface area contributed by atoms with Gasteiger partial charge in [0, 0.05) is 25.2 Å². The van der Waals surface area contributed by atoms with Gasteiger partial charge in [0.2, 0.25) is 0 Å². The van der Waals surface area contributed by atoms with E-state index >= 15 is 0 Å². The molecule has 0 amide bonds. The lowest BCUT2D eigenvalue weighted by molar-refractivity contribution is -0.161. The third kappa shape index (κ3) is 25.8. The van der Waals surface area contributed by atoms with Crippen molar-refractivity contribution in [3.8, 4) is 0 Å². The number of allylic oxidation sites excluding steroid dienone is 2. The summed E-state index contributed by atoms with van der Waals surface area (Å²) in [7, 11) is 0. The lowest BCUT2D eigenvalue weighted by Crippen LogP contribution is -2.28. The van der Waals surface area contributed by atoms with Crippen molar-refractivity contribution in [2.45, 2.75) is 206 Å². The fraction of sp³-hybridized carbons (Fsp3) is 0.860. The first kappa shape index (κ1) is 47.3. The van der Waals surface area contributed by atoms with Gasteiger partial charge in [0.05, 0.1) is 24.9 Å². The van der Waals surface area contributed by atoms with E-state index in [2.05, 4.69) is 20.8 Å². The quantitative estimate of drug-likeness (QED) is 0.0299. The minimum atomic E-state index is -0.864. The van der Waals surface area contributed by atoms with Gasteiger partial charge in [-0.3, -0.25) is 9.59 Å². The maximum atomic E-state index is 12.3. The summed E-state index contributed by atoms with van der Waals surface area (Å²) in [6, 6.07) is 0. The molecule has 4 N–H and O–H groups in total. The number of esters is 2. The lowest BCUT2D eigenvalue weighted by Gasteiger charge is -2.19. The molecule has 1 saturated carbocycles. The highest BCUT2D eigenvalue weighted by Gasteiger charge is 2.39. The molecule has 0 aliphatic heterocycles. The van der Waals surface area contributed by atoms with E-state index in [0.29, 0.717) is 38.5 Å². The molecule has 51 heavy (non-hydrogen) atoms. The topological polar surface area (TPSA) is 134 Å². The molecule has 6 atom stereocenters. The summed E-state index contributed by atoms with van der Waals surface area (Å²) >= 11 is 0. The molecule has 8 nitrogen and oxygen atoms in total. The maximum absolute atomic E-state index is 12.3. The highest BCUT2D eigenvalue weighted by Crippen LogP contribution is 2.36. The highest BCUT2D eigenvalue weighted by atomic mass is 16.6. The van der Waals surface area contributed by atoms with E-state index in [1.807, 2.05) is 18.2 Å². The Morgan fingerprint density at radius 1 is 0.725 bits per heavy atom. The van der Waals surface area contributed by atoms with Crippen LogP contribution in [0.5, 0.6) is 0 Å². The Morgan fingerprint density at radius 2 is 1.29 bits per heavy atom. The molecule has 0 aromatic rings. The Morgan fingerprint density at radius 3 is 1.88 bits per heavy atom. The molecule has 1 aliphatic carbocycles. The van der Waals surface area contributed by atoms with Crippen molar-refractivity contribution < 1.29 is 39.5 Å². The normalized spacial score (nSPS) is 20.5. The van der Waals surface area contributed by atoms with E-state index in [-0.39, 0.29) is 30.8 Å². The summed E-state index contributed by atoms with van der Waals surface area (Å²) in [5.74, 6) is -0.257. The van der Waals surface area contributed by atoms with Gasteiger partial charge in [0.15, 0.2) is 6.10 Å². The number of hydrogen-bond acceptors (Lipinski definition) is 8. The number of aliphatic hydroxyl groups excluding tert-OH is 4. The van der Waals surface area contributed by atoms with Gasteiger partial charge in [-0.1, -0.05) is 154 Å². The number of hydrogen-bond donors (Lipinski definition) is 4. The Balaban J connectivity index is 2.08. The van der Waals surface area contributed by atoms with Gasteiger partial charge >= 0.3 is 11.9 Å². The molecular formula is C43H78O8. The molecule has 0 aromatic heterocycles. The van der Waals surface area contributed by atoms with Gasteiger partial charge in [-0.25, -0.2) is 0 Å². The van der Waals surface area contributed by atoms with Crippen LogP contribution in [0.3, 0.4) is 0 Å². The van der Waals surface area contributed by atoms with Gasteiger partial charge in [0.25, 0.3) is 0 Å². The van der Waals surface area contributed by atoms with E-state index in [1.54, 1.807) is 6.08 Å². The summed E-state index contributed by atoms with van der Waals surface area (Å²) in [6.45, 7) is 6.19. The standard InChI is InChI=1S/C43H78O8/c1-4-5-20-26-36(45)30-31-39-38(40(46)32-41(39)47)27-22-18-19-24-29-43(49)51-37(33-44)34-50-42(48)28-23-17-15-13-11-9-7-6-8-10-12-14-16-21-25-35(2)3/h18,22,30-31,35-41,44-47H,4-17,19-21,23-29,32-34H2,1-3H3/b22-18+,31-30+/t36-,37-,38+,39+,40-,41+/m0/s1. The average Bonchev–Trinajstić information content (AvgIpc) is 3.37.